The van der Waals surface area contributed by atoms with E-state index in [-0.39, 0.29) is 11.8 Å². The lowest BCUT2D eigenvalue weighted by Crippen LogP contribution is -2.02. The van der Waals surface area contributed by atoms with Crippen molar-refractivity contribution in [3.05, 3.63) is 60.4 Å². The summed E-state index contributed by atoms with van der Waals surface area (Å²) in [6.07, 6.45) is 0. The van der Waals surface area contributed by atoms with Crippen LogP contribution in [0.3, 0.4) is 0 Å². The van der Waals surface area contributed by atoms with Crippen molar-refractivity contribution in [1.82, 2.24) is 14.8 Å². The lowest BCUT2D eigenvalue weighted by Gasteiger charge is -2.08. The maximum absolute atomic E-state index is 13.3. The summed E-state index contributed by atoms with van der Waals surface area (Å²) in [7, 11) is 0. The first kappa shape index (κ1) is 11.4. The molecule has 0 aliphatic heterocycles. The Morgan fingerprint density at radius 1 is 0.947 bits per heavy atom. The number of hydrogen-bond donors (Lipinski definition) is 1. The van der Waals surface area contributed by atoms with Gasteiger partial charge in [0.25, 0.3) is 0 Å². The molecule has 0 radical (unpaired) electrons. The summed E-state index contributed by atoms with van der Waals surface area (Å²) in [6.45, 7) is 0. The molecule has 0 saturated heterocycles. The van der Waals surface area contributed by atoms with Gasteiger partial charge in [0.1, 0.15) is 5.82 Å². The average molecular weight is 254 g/mol. The molecule has 1 heterocycles. The number of rotatable bonds is 2. The van der Waals surface area contributed by atoms with Crippen molar-refractivity contribution in [1.29, 1.82) is 0 Å². The van der Waals surface area contributed by atoms with Crippen LogP contribution < -0.4 is 5.73 Å². The molecule has 0 unspecified atom stereocenters. The van der Waals surface area contributed by atoms with E-state index in [2.05, 4.69) is 10.2 Å². The number of aromatic nitrogens is 3. The minimum atomic E-state index is -0.321. The monoisotopic (exact) mass is 254 g/mol. The zero-order valence-corrected chi connectivity index (χ0v) is 9.99. The largest absolute Gasteiger partial charge is 0.368 e. The van der Waals surface area contributed by atoms with E-state index in [1.165, 1.54) is 12.1 Å². The number of anilines is 1. The van der Waals surface area contributed by atoms with Gasteiger partial charge in [0.05, 0.1) is 5.69 Å². The van der Waals surface area contributed by atoms with Gasteiger partial charge in [-0.25, -0.2) is 4.39 Å². The van der Waals surface area contributed by atoms with Gasteiger partial charge in [-0.3, -0.25) is 4.57 Å². The van der Waals surface area contributed by atoms with Crippen LogP contribution in [-0.2, 0) is 0 Å². The zero-order chi connectivity index (χ0) is 13.2. The summed E-state index contributed by atoms with van der Waals surface area (Å²) in [5.74, 6) is 0.465. The first-order valence-electron chi connectivity index (χ1n) is 5.78. The SMILES string of the molecule is Nc1nnc(-c2cccc(F)c2)n1-c1ccccc1. The highest BCUT2D eigenvalue weighted by Crippen LogP contribution is 2.24. The number of nitrogens with two attached hydrogens (primary N) is 1. The lowest BCUT2D eigenvalue weighted by atomic mass is 10.2. The predicted molar refractivity (Wildman–Crippen MR) is 71.2 cm³/mol. The Morgan fingerprint density at radius 2 is 1.74 bits per heavy atom. The number of hydrogen-bond acceptors (Lipinski definition) is 3. The van der Waals surface area contributed by atoms with Gasteiger partial charge in [-0.2, -0.15) is 0 Å². The topological polar surface area (TPSA) is 56.7 Å². The second kappa shape index (κ2) is 4.53. The van der Waals surface area contributed by atoms with E-state index in [1.807, 2.05) is 30.3 Å². The second-order valence-corrected chi connectivity index (χ2v) is 4.06. The molecule has 0 amide bonds. The molecular formula is C14H11FN4. The van der Waals surface area contributed by atoms with Crippen LogP contribution in [0.1, 0.15) is 0 Å². The van der Waals surface area contributed by atoms with Crippen LogP contribution in [0.2, 0.25) is 0 Å². The first-order valence-corrected chi connectivity index (χ1v) is 5.78. The molecular weight excluding hydrogens is 243 g/mol. The molecule has 0 aliphatic carbocycles. The molecule has 0 spiro atoms. The molecule has 5 heteroatoms. The molecule has 2 N–H and O–H groups in total. The summed E-state index contributed by atoms with van der Waals surface area (Å²) in [5.41, 5.74) is 7.31. The highest BCUT2D eigenvalue weighted by Gasteiger charge is 2.13. The highest BCUT2D eigenvalue weighted by atomic mass is 19.1. The maximum Gasteiger partial charge on any atom is 0.226 e. The maximum atomic E-state index is 13.3. The molecule has 3 rings (SSSR count). The van der Waals surface area contributed by atoms with Crippen molar-refractivity contribution >= 4 is 5.95 Å². The fourth-order valence-electron chi connectivity index (χ4n) is 1.94. The lowest BCUT2D eigenvalue weighted by molar-refractivity contribution is 0.628. The van der Waals surface area contributed by atoms with E-state index in [0.717, 1.165) is 5.69 Å². The predicted octanol–water partition coefficient (Wildman–Crippen LogP) is 2.66. The van der Waals surface area contributed by atoms with Crippen LogP contribution in [0.4, 0.5) is 10.3 Å². The quantitative estimate of drug-likeness (QED) is 0.764. The normalized spacial score (nSPS) is 10.6. The summed E-state index contributed by atoms with van der Waals surface area (Å²) < 4.78 is 15.0. The summed E-state index contributed by atoms with van der Waals surface area (Å²) in [6, 6.07) is 15.7. The first-order chi connectivity index (χ1) is 9.25. The summed E-state index contributed by atoms with van der Waals surface area (Å²) in [5, 5.41) is 7.89. The van der Waals surface area contributed by atoms with E-state index >= 15 is 0 Å². The van der Waals surface area contributed by atoms with Gasteiger partial charge in [0, 0.05) is 5.56 Å². The molecule has 3 aromatic rings. The van der Waals surface area contributed by atoms with Gasteiger partial charge < -0.3 is 5.73 Å². The smallest absolute Gasteiger partial charge is 0.226 e. The molecule has 4 nitrogen and oxygen atoms in total. The number of nitrogen functional groups attached to an aromatic ring is 1. The van der Waals surface area contributed by atoms with Gasteiger partial charge in [-0.15, -0.1) is 10.2 Å². The van der Waals surface area contributed by atoms with Crippen molar-refractivity contribution in [3.8, 4) is 17.1 Å². The summed E-state index contributed by atoms with van der Waals surface area (Å²) >= 11 is 0. The number of halogens is 1. The van der Waals surface area contributed by atoms with Crippen molar-refractivity contribution in [3.63, 3.8) is 0 Å². The average Bonchev–Trinajstić information content (AvgIpc) is 2.82. The van der Waals surface area contributed by atoms with Gasteiger partial charge in [0.2, 0.25) is 5.95 Å². The molecule has 0 atom stereocenters. The van der Waals surface area contributed by atoms with E-state index in [9.17, 15) is 4.39 Å². The van der Waals surface area contributed by atoms with Crippen LogP contribution in [0, 0.1) is 5.82 Å². The Kier molecular flexibility index (Phi) is 2.72. The second-order valence-electron chi connectivity index (χ2n) is 4.06. The molecule has 0 fully saturated rings. The van der Waals surface area contributed by atoms with Crippen LogP contribution in [0.25, 0.3) is 17.1 Å². The van der Waals surface area contributed by atoms with E-state index in [1.54, 1.807) is 16.7 Å². The van der Waals surface area contributed by atoms with Crippen molar-refractivity contribution < 1.29 is 4.39 Å². The van der Waals surface area contributed by atoms with E-state index < -0.39 is 0 Å². The Hall–Kier alpha value is -2.69. The molecule has 94 valence electrons. The highest BCUT2D eigenvalue weighted by molar-refractivity contribution is 5.61. The number of para-hydroxylation sites is 1. The standard InChI is InChI=1S/C14H11FN4/c15-11-6-4-5-10(9-11)13-17-18-14(16)19(13)12-7-2-1-3-8-12/h1-9H,(H2,16,18). The summed E-state index contributed by atoms with van der Waals surface area (Å²) in [4.78, 5) is 0. The van der Waals surface area contributed by atoms with Crippen LogP contribution in [0.5, 0.6) is 0 Å². The Morgan fingerprint density at radius 3 is 2.47 bits per heavy atom. The Balaban J connectivity index is 2.19. The van der Waals surface area contributed by atoms with Crippen molar-refractivity contribution in [2.45, 2.75) is 0 Å². The fraction of sp³-hybridized carbons (Fsp3) is 0. The van der Waals surface area contributed by atoms with Gasteiger partial charge in [0.15, 0.2) is 5.82 Å². The zero-order valence-electron chi connectivity index (χ0n) is 9.99. The minimum absolute atomic E-state index is 0.269. The van der Waals surface area contributed by atoms with Gasteiger partial charge in [-0.1, -0.05) is 30.3 Å². The molecule has 19 heavy (non-hydrogen) atoms. The third-order valence-electron chi connectivity index (χ3n) is 2.79. The molecule has 1 aromatic heterocycles. The number of nitrogens with zero attached hydrogens (tertiary/aromatic N) is 3. The third-order valence-corrected chi connectivity index (χ3v) is 2.79. The molecule has 0 saturated carbocycles. The molecule has 2 aromatic carbocycles. The Bertz CT molecular complexity index is 706. The third kappa shape index (κ3) is 2.06. The van der Waals surface area contributed by atoms with Gasteiger partial charge >= 0.3 is 0 Å². The fourth-order valence-corrected chi connectivity index (χ4v) is 1.94. The van der Waals surface area contributed by atoms with Gasteiger partial charge in [-0.05, 0) is 24.3 Å². The van der Waals surface area contributed by atoms with E-state index in [0.29, 0.717) is 11.4 Å². The van der Waals surface area contributed by atoms with E-state index in [4.69, 9.17) is 5.73 Å². The van der Waals surface area contributed by atoms with Crippen LogP contribution in [0.15, 0.2) is 54.6 Å². The number of benzene rings is 2. The minimum Gasteiger partial charge on any atom is -0.368 e. The Labute approximate surface area is 109 Å². The van der Waals surface area contributed by atoms with Crippen molar-refractivity contribution in [2.75, 3.05) is 5.73 Å². The van der Waals surface area contributed by atoms with Crippen LogP contribution in [-0.4, -0.2) is 14.8 Å². The van der Waals surface area contributed by atoms with Crippen LogP contribution >= 0.6 is 0 Å². The van der Waals surface area contributed by atoms with Crippen molar-refractivity contribution in [2.24, 2.45) is 0 Å². The molecule has 0 bridgehead atoms. The molecule has 0 aliphatic rings.